The van der Waals surface area contributed by atoms with Crippen LogP contribution in [-0.4, -0.2) is 16.1 Å². The van der Waals surface area contributed by atoms with Crippen LogP contribution < -0.4 is 5.73 Å². The van der Waals surface area contributed by atoms with Gasteiger partial charge in [-0.2, -0.15) is 0 Å². The Hall–Kier alpha value is -2.39. The zero-order valence-electron chi connectivity index (χ0n) is 11.9. The first kappa shape index (κ1) is 13.6. The van der Waals surface area contributed by atoms with Crippen molar-refractivity contribution < 1.29 is 0 Å². The molecule has 2 N–H and O–H groups in total. The van der Waals surface area contributed by atoms with E-state index in [0.29, 0.717) is 12.5 Å². The van der Waals surface area contributed by atoms with Crippen molar-refractivity contribution in [2.45, 2.75) is 12.5 Å². The number of imidazole rings is 1. The average Bonchev–Trinajstić information content (AvgIpc) is 3.02. The maximum absolute atomic E-state index is 5.98. The number of benzene rings is 2. The van der Waals surface area contributed by atoms with Crippen molar-refractivity contribution in [2.24, 2.45) is 5.73 Å². The zero-order valence-corrected chi connectivity index (χ0v) is 11.9. The van der Waals surface area contributed by atoms with Crippen molar-refractivity contribution >= 4 is 0 Å². The predicted octanol–water partition coefficient (Wildman–Crippen LogP) is 3.29. The third-order valence-electron chi connectivity index (χ3n) is 3.72. The van der Waals surface area contributed by atoms with Gasteiger partial charge in [-0.15, -0.1) is 0 Å². The largest absolute Gasteiger partial charge is 0.330 e. The van der Waals surface area contributed by atoms with Gasteiger partial charge in [0.25, 0.3) is 0 Å². The first-order valence-corrected chi connectivity index (χ1v) is 7.20. The van der Waals surface area contributed by atoms with Crippen molar-refractivity contribution in [3.8, 4) is 11.4 Å². The number of hydrogen-bond donors (Lipinski definition) is 1. The maximum Gasteiger partial charge on any atom is 0.139 e. The van der Waals surface area contributed by atoms with Crippen LogP contribution in [0.25, 0.3) is 11.4 Å². The Balaban J connectivity index is 1.87. The van der Waals surface area contributed by atoms with Crippen molar-refractivity contribution in [1.82, 2.24) is 9.55 Å². The van der Waals surface area contributed by atoms with Gasteiger partial charge in [0.2, 0.25) is 0 Å². The van der Waals surface area contributed by atoms with Crippen LogP contribution in [0.2, 0.25) is 0 Å². The summed E-state index contributed by atoms with van der Waals surface area (Å²) >= 11 is 0. The van der Waals surface area contributed by atoms with Gasteiger partial charge < -0.3 is 10.3 Å². The van der Waals surface area contributed by atoms with Crippen molar-refractivity contribution in [2.75, 3.05) is 6.54 Å². The molecular weight excluding hydrogens is 258 g/mol. The van der Waals surface area contributed by atoms with Gasteiger partial charge in [0.1, 0.15) is 5.82 Å². The van der Waals surface area contributed by atoms with E-state index in [1.54, 1.807) is 0 Å². The van der Waals surface area contributed by atoms with Crippen LogP contribution in [0.4, 0.5) is 0 Å². The maximum atomic E-state index is 5.98. The van der Waals surface area contributed by atoms with Crippen LogP contribution in [0.5, 0.6) is 0 Å². The van der Waals surface area contributed by atoms with Crippen LogP contribution in [0.3, 0.4) is 0 Å². The normalized spacial score (nSPS) is 12.2. The van der Waals surface area contributed by atoms with E-state index in [2.05, 4.69) is 45.9 Å². The van der Waals surface area contributed by atoms with E-state index in [9.17, 15) is 0 Å². The van der Waals surface area contributed by atoms with Crippen LogP contribution in [-0.2, 0) is 6.54 Å². The SMILES string of the molecule is NCC(Cn1ccnc1-c1ccccc1)c1ccccc1. The Kier molecular flexibility index (Phi) is 4.12. The lowest BCUT2D eigenvalue weighted by Gasteiger charge is -2.17. The number of hydrogen-bond acceptors (Lipinski definition) is 2. The molecule has 106 valence electrons. The summed E-state index contributed by atoms with van der Waals surface area (Å²) in [5, 5.41) is 0. The summed E-state index contributed by atoms with van der Waals surface area (Å²) in [6, 6.07) is 20.7. The highest BCUT2D eigenvalue weighted by molar-refractivity contribution is 5.55. The molecule has 1 unspecified atom stereocenters. The van der Waals surface area contributed by atoms with Gasteiger partial charge in [0, 0.05) is 37.0 Å². The van der Waals surface area contributed by atoms with E-state index in [4.69, 9.17) is 5.73 Å². The smallest absolute Gasteiger partial charge is 0.139 e. The van der Waals surface area contributed by atoms with Crippen LogP contribution >= 0.6 is 0 Å². The lowest BCUT2D eigenvalue weighted by Crippen LogP contribution is -2.18. The Bertz CT molecular complexity index is 674. The number of rotatable bonds is 5. The summed E-state index contributed by atoms with van der Waals surface area (Å²) in [7, 11) is 0. The van der Waals surface area contributed by atoms with Gasteiger partial charge in [0.15, 0.2) is 0 Å². The second-order valence-corrected chi connectivity index (χ2v) is 5.11. The molecule has 3 aromatic rings. The Morgan fingerprint density at radius 2 is 1.62 bits per heavy atom. The molecule has 3 rings (SSSR count). The van der Waals surface area contributed by atoms with Gasteiger partial charge in [-0.25, -0.2) is 4.98 Å². The Morgan fingerprint density at radius 3 is 2.29 bits per heavy atom. The molecular formula is C18H19N3. The molecule has 0 aliphatic rings. The van der Waals surface area contributed by atoms with Gasteiger partial charge in [-0.3, -0.25) is 0 Å². The lowest BCUT2D eigenvalue weighted by molar-refractivity contribution is 0.570. The van der Waals surface area contributed by atoms with E-state index in [1.807, 2.05) is 36.7 Å². The van der Waals surface area contributed by atoms with Crippen molar-refractivity contribution in [3.63, 3.8) is 0 Å². The summed E-state index contributed by atoms with van der Waals surface area (Å²) in [6.45, 7) is 1.46. The molecule has 0 spiro atoms. The molecule has 1 heterocycles. The highest BCUT2D eigenvalue weighted by Crippen LogP contribution is 2.22. The Morgan fingerprint density at radius 1 is 0.952 bits per heavy atom. The zero-order chi connectivity index (χ0) is 14.5. The summed E-state index contributed by atoms with van der Waals surface area (Å²) in [4.78, 5) is 4.49. The molecule has 0 aliphatic carbocycles. The first-order valence-electron chi connectivity index (χ1n) is 7.20. The van der Waals surface area contributed by atoms with E-state index < -0.39 is 0 Å². The lowest BCUT2D eigenvalue weighted by atomic mass is 9.99. The van der Waals surface area contributed by atoms with Gasteiger partial charge >= 0.3 is 0 Å². The molecule has 1 atom stereocenters. The molecule has 0 amide bonds. The van der Waals surface area contributed by atoms with E-state index in [-0.39, 0.29) is 0 Å². The molecule has 3 nitrogen and oxygen atoms in total. The molecule has 2 aromatic carbocycles. The topological polar surface area (TPSA) is 43.8 Å². The van der Waals surface area contributed by atoms with Crippen molar-refractivity contribution in [3.05, 3.63) is 78.6 Å². The van der Waals surface area contributed by atoms with Gasteiger partial charge in [0.05, 0.1) is 0 Å². The minimum absolute atomic E-state index is 0.294. The molecule has 1 aromatic heterocycles. The fraction of sp³-hybridized carbons (Fsp3) is 0.167. The second kappa shape index (κ2) is 6.37. The molecule has 0 fully saturated rings. The third kappa shape index (κ3) is 3.03. The summed E-state index contributed by atoms with van der Waals surface area (Å²) < 4.78 is 2.18. The number of nitrogens with two attached hydrogens (primary N) is 1. The second-order valence-electron chi connectivity index (χ2n) is 5.11. The minimum Gasteiger partial charge on any atom is -0.330 e. The molecule has 0 radical (unpaired) electrons. The number of aromatic nitrogens is 2. The van der Waals surface area contributed by atoms with Gasteiger partial charge in [-0.05, 0) is 5.56 Å². The standard InChI is InChI=1S/C18H19N3/c19-13-17(15-7-3-1-4-8-15)14-21-12-11-20-18(21)16-9-5-2-6-10-16/h1-12,17H,13-14,19H2. The van der Waals surface area contributed by atoms with Crippen LogP contribution in [0, 0.1) is 0 Å². The van der Waals surface area contributed by atoms with Gasteiger partial charge in [-0.1, -0.05) is 60.7 Å². The molecule has 0 aliphatic heterocycles. The quantitative estimate of drug-likeness (QED) is 0.777. The summed E-state index contributed by atoms with van der Waals surface area (Å²) in [5.41, 5.74) is 8.38. The molecule has 0 bridgehead atoms. The first-order chi connectivity index (χ1) is 10.4. The average molecular weight is 277 g/mol. The fourth-order valence-corrected chi connectivity index (χ4v) is 2.58. The molecule has 0 saturated heterocycles. The van der Waals surface area contributed by atoms with Crippen molar-refractivity contribution in [1.29, 1.82) is 0 Å². The third-order valence-corrected chi connectivity index (χ3v) is 3.72. The van der Waals surface area contributed by atoms with E-state index in [0.717, 1.165) is 17.9 Å². The fourth-order valence-electron chi connectivity index (χ4n) is 2.58. The highest BCUT2D eigenvalue weighted by atomic mass is 15.1. The monoisotopic (exact) mass is 277 g/mol. The highest BCUT2D eigenvalue weighted by Gasteiger charge is 2.13. The summed E-state index contributed by atoms with van der Waals surface area (Å²) in [5.74, 6) is 1.29. The Labute approximate surface area is 125 Å². The van der Waals surface area contributed by atoms with Crippen LogP contribution in [0.15, 0.2) is 73.1 Å². The summed E-state index contributed by atoms with van der Waals surface area (Å²) in [6.07, 6.45) is 3.87. The van der Waals surface area contributed by atoms with E-state index in [1.165, 1.54) is 5.56 Å². The molecule has 0 saturated carbocycles. The minimum atomic E-state index is 0.294. The number of nitrogens with zero attached hydrogens (tertiary/aromatic N) is 2. The molecule has 3 heteroatoms. The van der Waals surface area contributed by atoms with E-state index >= 15 is 0 Å². The van der Waals surface area contributed by atoms with Crippen LogP contribution in [0.1, 0.15) is 11.5 Å². The predicted molar refractivity (Wildman–Crippen MR) is 85.9 cm³/mol. The molecule has 21 heavy (non-hydrogen) atoms.